The van der Waals surface area contributed by atoms with Crippen molar-refractivity contribution in [3.05, 3.63) is 69.9 Å². The van der Waals surface area contributed by atoms with Gasteiger partial charge in [0.05, 0.1) is 17.9 Å². The van der Waals surface area contributed by atoms with Gasteiger partial charge in [-0.3, -0.25) is 9.59 Å². The van der Waals surface area contributed by atoms with Crippen LogP contribution in [0, 0.1) is 13.8 Å². The van der Waals surface area contributed by atoms with Crippen LogP contribution in [0.4, 0.5) is 11.4 Å². The number of hydrogen-bond acceptors (Lipinski definition) is 5. The molecular weight excluding hydrogens is 404 g/mol. The number of carbonyl (C=O) groups excluding carboxylic acids is 3. The molecule has 2 aromatic carbocycles. The molecule has 1 aliphatic heterocycles. The summed E-state index contributed by atoms with van der Waals surface area (Å²) in [5, 5.41) is 2.78. The van der Waals surface area contributed by atoms with Crippen molar-refractivity contribution < 1.29 is 19.1 Å². The minimum atomic E-state index is -0.648. The number of imide groups is 1. The number of benzene rings is 2. The number of halogens is 1. The molecule has 0 radical (unpaired) electrons. The van der Waals surface area contributed by atoms with Crippen LogP contribution >= 0.6 is 11.6 Å². The molecule has 0 aromatic heterocycles. The minimum Gasteiger partial charge on any atom is -0.462 e. The first-order chi connectivity index (χ1) is 14.3. The average Bonchev–Trinajstić information content (AvgIpc) is 2.93. The van der Waals surface area contributed by atoms with Crippen LogP contribution in [0.25, 0.3) is 0 Å². The van der Waals surface area contributed by atoms with Crippen molar-refractivity contribution in [3.63, 3.8) is 0 Å². The van der Waals surface area contributed by atoms with Crippen molar-refractivity contribution >= 4 is 40.8 Å². The fraction of sp³-hybridized carbons (Fsp3) is 0.261. The first-order valence-corrected chi connectivity index (χ1v) is 10.1. The van der Waals surface area contributed by atoms with Crippen LogP contribution in [0.15, 0.2) is 53.2 Å². The lowest BCUT2D eigenvalue weighted by molar-refractivity contribution is -0.120. The minimum absolute atomic E-state index is 0.00421. The van der Waals surface area contributed by atoms with E-state index in [0.29, 0.717) is 12.3 Å². The molecule has 1 aliphatic rings. The van der Waals surface area contributed by atoms with E-state index in [4.69, 9.17) is 16.3 Å². The van der Waals surface area contributed by atoms with E-state index >= 15 is 0 Å². The Kier molecular flexibility index (Phi) is 6.57. The third kappa shape index (κ3) is 4.39. The maximum Gasteiger partial charge on any atom is 0.338 e. The van der Waals surface area contributed by atoms with E-state index in [0.717, 1.165) is 28.9 Å². The van der Waals surface area contributed by atoms with Gasteiger partial charge in [-0.25, -0.2) is 9.69 Å². The Hall–Kier alpha value is -3.12. The quantitative estimate of drug-likeness (QED) is 0.394. The summed E-state index contributed by atoms with van der Waals surface area (Å²) in [6.45, 7) is 6.18. The fourth-order valence-corrected chi connectivity index (χ4v) is 3.31. The van der Waals surface area contributed by atoms with Crippen LogP contribution in [-0.2, 0) is 14.3 Å². The molecule has 0 bridgehead atoms. The Morgan fingerprint density at radius 2 is 1.87 bits per heavy atom. The van der Waals surface area contributed by atoms with Crippen molar-refractivity contribution in [2.75, 3.05) is 16.8 Å². The highest BCUT2D eigenvalue weighted by Crippen LogP contribution is 2.31. The zero-order valence-corrected chi connectivity index (χ0v) is 17.9. The number of aryl methyl sites for hydroxylation is 2. The van der Waals surface area contributed by atoms with Crippen molar-refractivity contribution in [1.82, 2.24) is 0 Å². The highest BCUT2D eigenvalue weighted by atomic mass is 35.5. The summed E-state index contributed by atoms with van der Waals surface area (Å²) in [5.41, 5.74) is 3.20. The Labute approximate surface area is 180 Å². The second-order valence-corrected chi connectivity index (χ2v) is 7.50. The monoisotopic (exact) mass is 426 g/mol. The van der Waals surface area contributed by atoms with Crippen LogP contribution in [0.2, 0.25) is 0 Å². The summed E-state index contributed by atoms with van der Waals surface area (Å²) < 4.78 is 5.21. The van der Waals surface area contributed by atoms with Crippen LogP contribution in [-0.4, -0.2) is 24.4 Å². The third-order valence-corrected chi connectivity index (χ3v) is 5.09. The molecule has 7 heteroatoms. The number of ether oxygens (including phenoxy) is 1. The van der Waals surface area contributed by atoms with E-state index < -0.39 is 17.8 Å². The number of amides is 2. The van der Waals surface area contributed by atoms with E-state index in [1.807, 2.05) is 39.0 Å². The van der Waals surface area contributed by atoms with E-state index in [1.54, 1.807) is 18.2 Å². The number of carbonyl (C=O) groups is 3. The topological polar surface area (TPSA) is 75.7 Å². The Bertz CT molecular complexity index is 1050. The molecule has 2 aromatic rings. The van der Waals surface area contributed by atoms with Gasteiger partial charge in [0.2, 0.25) is 0 Å². The average molecular weight is 427 g/mol. The Morgan fingerprint density at radius 3 is 2.57 bits per heavy atom. The fourth-order valence-electron chi connectivity index (χ4n) is 3.10. The number of esters is 1. The summed E-state index contributed by atoms with van der Waals surface area (Å²) in [6, 6.07) is 11.9. The van der Waals surface area contributed by atoms with Crippen LogP contribution in [0.5, 0.6) is 0 Å². The normalized spacial score (nSPS) is 13.8. The molecule has 0 saturated carbocycles. The lowest BCUT2D eigenvalue weighted by Crippen LogP contribution is -2.32. The summed E-state index contributed by atoms with van der Waals surface area (Å²) in [7, 11) is 0. The molecule has 156 valence electrons. The number of unbranched alkanes of at least 4 members (excludes halogenated alkanes) is 1. The molecule has 1 heterocycles. The molecule has 0 spiro atoms. The SMILES string of the molecule is CCCCOC(=O)c1cccc(N2C(=O)C(Cl)=C(Nc3ccc(C)cc3C)C2=O)c1. The second kappa shape index (κ2) is 9.13. The Balaban J connectivity index is 1.83. The number of nitrogens with zero attached hydrogens (tertiary/aromatic N) is 1. The molecule has 0 fully saturated rings. The van der Waals surface area contributed by atoms with Gasteiger partial charge in [0.25, 0.3) is 11.8 Å². The van der Waals surface area contributed by atoms with E-state index in [1.165, 1.54) is 6.07 Å². The van der Waals surface area contributed by atoms with Crippen LogP contribution in [0.3, 0.4) is 0 Å². The van der Waals surface area contributed by atoms with Gasteiger partial charge in [0.15, 0.2) is 0 Å². The molecule has 3 rings (SSSR count). The predicted molar refractivity (Wildman–Crippen MR) is 117 cm³/mol. The van der Waals surface area contributed by atoms with Gasteiger partial charge in [-0.05, 0) is 50.1 Å². The van der Waals surface area contributed by atoms with Crippen LogP contribution < -0.4 is 10.2 Å². The van der Waals surface area contributed by atoms with Gasteiger partial charge in [-0.1, -0.05) is 48.7 Å². The molecule has 30 heavy (non-hydrogen) atoms. The van der Waals surface area contributed by atoms with Gasteiger partial charge in [-0.15, -0.1) is 0 Å². The van der Waals surface area contributed by atoms with Gasteiger partial charge >= 0.3 is 5.97 Å². The number of anilines is 2. The first-order valence-electron chi connectivity index (χ1n) is 9.73. The van der Waals surface area contributed by atoms with Gasteiger partial charge < -0.3 is 10.1 Å². The molecule has 0 saturated heterocycles. The standard InChI is InChI=1S/C23H23ClN2O4/c1-4-5-11-30-23(29)16-7-6-8-17(13-16)26-21(27)19(24)20(22(26)28)25-18-10-9-14(2)12-15(18)3/h6-10,12-13,25H,4-5,11H2,1-3H3. The van der Waals surface area contributed by atoms with E-state index in [-0.39, 0.29) is 22.0 Å². The molecule has 0 atom stereocenters. The van der Waals surface area contributed by atoms with Crippen molar-refractivity contribution in [3.8, 4) is 0 Å². The number of nitrogens with one attached hydrogen (secondary N) is 1. The maximum atomic E-state index is 13.0. The summed E-state index contributed by atoms with van der Waals surface area (Å²) in [4.78, 5) is 38.9. The zero-order valence-electron chi connectivity index (χ0n) is 17.1. The smallest absolute Gasteiger partial charge is 0.338 e. The highest BCUT2D eigenvalue weighted by Gasteiger charge is 2.39. The molecular formula is C23H23ClN2O4. The summed E-state index contributed by atoms with van der Waals surface area (Å²) in [5.74, 6) is -1.73. The molecule has 6 nitrogen and oxygen atoms in total. The van der Waals surface area contributed by atoms with Crippen LogP contribution in [0.1, 0.15) is 41.3 Å². The molecule has 0 aliphatic carbocycles. The molecule has 0 unspecified atom stereocenters. The lowest BCUT2D eigenvalue weighted by Gasteiger charge is -2.16. The lowest BCUT2D eigenvalue weighted by atomic mass is 10.1. The van der Waals surface area contributed by atoms with Crippen molar-refractivity contribution in [2.45, 2.75) is 33.6 Å². The molecule has 2 amide bonds. The summed E-state index contributed by atoms with van der Waals surface area (Å²) >= 11 is 6.20. The maximum absolute atomic E-state index is 13.0. The van der Waals surface area contributed by atoms with Crippen molar-refractivity contribution in [1.29, 1.82) is 0 Å². The predicted octanol–water partition coefficient (Wildman–Crippen LogP) is 4.70. The molecule has 1 N–H and O–H groups in total. The van der Waals surface area contributed by atoms with E-state index in [9.17, 15) is 14.4 Å². The Morgan fingerprint density at radius 1 is 1.10 bits per heavy atom. The van der Waals surface area contributed by atoms with Gasteiger partial charge in [-0.2, -0.15) is 0 Å². The second-order valence-electron chi connectivity index (χ2n) is 7.12. The number of rotatable bonds is 7. The zero-order chi connectivity index (χ0) is 21.8. The number of hydrogen-bond donors (Lipinski definition) is 1. The largest absolute Gasteiger partial charge is 0.462 e. The third-order valence-electron chi connectivity index (χ3n) is 4.74. The highest BCUT2D eigenvalue weighted by molar-refractivity contribution is 6.53. The van der Waals surface area contributed by atoms with Crippen molar-refractivity contribution in [2.24, 2.45) is 0 Å². The van der Waals surface area contributed by atoms with E-state index in [2.05, 4.69) is 5.32 Å². The first kappa shape index (κ1) is 21.6. The van der Waals surface area contributed by atoms with Gasteiger partial charge in [0.1, 0.15) is 10.7 Å². The summed E-state index contributed by atoms with van der Waals surface area (Å²) in [6.07, 6.45) is 1.67. The van der Waals surface area contributed by atoms with Gasteiger partial charge in [0, 0.05) is 5.69 Å².